The van der Waals surface area contributed by atoms with Gasteiger partial charge >= 0.3 is 0 Å². The van der Waals surface area contributed by atoms with Gasteiger partial charge in [0.05, 0.1) is 0 Å². The standard InChI is InChI=1S/C23H27N5O/c1-4-28(5-2)20-12-10-19(11-13-20)26-23-24-15-14-21(27-23)22(29)25-16-18-9-7-6-8-17(18)3/h6-15H,4-5,16H2,1-3H3,(H,25,29)(H,24,26,27). The van der Waals surface area contributed by atoms with Crippen LogP contribution in [0.15, 0.2) is 60.8 Å². The average molecular weight is 390 g/mol. The van der Waals surface area contributed by atoms with Gasteiger partial charge in [-0.05, 0) is 62.2 Å². The summed E-state index contributed by atoms with van der Waals surface area (Å²) in [6.45, 7) is 8.70. The second-order valence-electron chi connectivity index (χ2n) is 6.72. The van der Waals surface area contributed by atoms with Gasteiger partial charge in [-0.15, -0.1) is 0 Å². The molecular weight excluding hydrogens is 362 g/mol. The van der Waals surface area contributed by atoms with E-state index in [-0.39, 0.29) is 5.91 Å². The molecule has 0 spiro atoms. The SMILES string of the molecule is CCN(CC)c1ccc(Nc2nccc(C(=O)NCc3ccccc3C)n2)cc1. The minimum atomic E-state index is -0.226. The number of carbonyl (C=O) groups is 1. The summed E-state index contributed by atoms with van der Waals surface area (Å²) < 4.78 is 0. The molecule has 0 saturated heterocycles. The fourth-order valence-corrected chi connectivity index (χ4v) is 3.09. The number of hydrogen-bond acceptors (Lipinski definition) is 5. The maximum atomic E-state index is 12.5. The Balaban J connectivity index is 1.64. The molecule has 3 aromatic rings. The first-order chi connectivity index (χ1) is 14.1. The highest BCUT2D eigenvalue weighted by atomic mass is 16.1. The number of amides is 1. The van der Waals surface area contributed by atoms with Crippen molar-refractivity contribution in [2.75, 3.05) is 23.3 Å². The van der Waals surface area contributed by atoms with Crippen LogP contribution in [-0.2, 0) is 6.54 Å². The predicted octanol–water partition coefficient (Wildman–Crippen LogP) is 4.30. The molecule has 2 aromatic carbocycles. The van der Waals surface area contributed by atoms with E-state index in [4.69, 9.17) is 0 Å². The molecule has 1 aromatic heterocycles. The molecule has 6 nitrogen and oxygen atoms in total. The van der Waals surface area contributed by atoms with Crippen LogP contribution in [0.3, 0.4) is 0 Å². The zero-order valence-electron chi connectivity index (χ0n) is 17.1. The fraction of sp³-hybridized carbons (Fsp3) is 0.261. The number of aryl methyl sites for hydroxylation is 1. The molecule has 1 amide bonds. The van der Waals surface area contributed by atoms with E-state index < -0.39 is 0 Å². The number of nitrogens with zero attached hydrogens (tertiary/aromatic N) is 3. The number of nitrogens with one attached hydrogen (secondary N) is 2. The van der Waals surface area contributed by atoms with E-state index in [2.05, 4.69) is 51.5 Å². The highest BCUT2D eigenvalue weighted by molar-refractivity contribution is 5.92. The Hall–Kier alpha value is -3.41. The van der Waals surface area contributed by atoms with E-state index in [9.17, 15) is 4.79 Å². The Morgan fingerprint density at radius 1 is 1.00 bits per heavy atom. The van der Waals surface area contributed by atoms with E-state index in [0.717, 1.165) is 29.9 Å². The molecule has 29 heavy (non-hydrogen) atoms. The summed E-state index contributed by atoms with van der Waals surface area (Å²) >= 11 is 0. The number of benzene rings is 2. The lowest BCUT2D eigenvalue weighted by atomic mass is 10.1. The molecule has 0 fully saturated rings. The number of aromatic nitrogens is 2. The van der Waals surface area contributed by atoms with Crippen LogP contribution in [0.5, 0.6) is 0 Å². The molecule has 0 atom stereocenters. The van der Waals surface area contributed by atoms with Crippen LogP contribution in [0.4, 0.5) is 17.3 Å². The molecule has 1 heterocycles. The molecule has 0 bridgehead atoms. The van der Waals surface area contributed by atoms with Crippen molar-refractivity contribution < 1.29 is 4.79 Å². The number of rotatable bonds is 8. The normalized spacial score (nSPS) is 10.4. The molecule has 0 aliphatic rings. The van der Waals surface area contributed by atoms with Crippen LogP contribution in [0, 0.1) is 6.92 Å². The molecule has 3 rings (SSSR count). The summed E-state index contributed by atoms with van der Waals surface area (Å²) in [7, 11) is 0. The monoisotopic (exact) mass is 389 g/mol. The molecule has 0 unspecified atom stereocenters. The van der Waals surface area contributed by atoms with Gasteiger partial charge in [-0.2, -0.15) is 0 Å². The third kappa shape index (κ3) is 5.31. The van der Waals surface area contributed by atoms with Crippen molar-refractivity contribution in [1.82, 2.24) is 15.3 Å². The van der Waals surface area contributed by atoms with Crippen LogP contribution in [0.25, 0.3) is 0 Å². The minimum Gasteiger partial charge on any atom is -0.372 e. The Kier molecular flexibility index (Phi) is 6.79. The molecule has 0 aliphatic carbocycles. The van der Waals surface area contributed by atoms with Crippen molar-refractivity contribution in [3.05, 3.63) is 77.6 Å². The lowest BCUT2D eigenvalue weighted by molar-refractivity contribution is 0.0946. The molecule has 150 valence electrons. The van der Waals surface area contributed by atoms with Crippen LogP contribution in [-0.4, -0.2) is 29.0 Å². The van der Waals surface area contributed by atoms with Crippen molar-refractivity contribution in [3.8, 4) is 0 Å². The van der Waals surface area contributed by atoms with Crippen molar-refractivity contribution in [1.29, 1.82) is 0 Å². The van der Waals surface area contributed by atoms with Crippen molar-refractivity contribution in [2.24, 2.45) is 0 Å². The number of hydrogen-bond donors (Lipinski definition) is 2. The number of anilines is 3. The van der Waals surface area contributed by atoms with Crippen molar-refractivity contribution >= 4 is 23.2 Å². The highest BCUT2D eigenvalue weighted by Crippen LogP contribution is 2.19. The fourth-order valence-electron chi connectivity index (χ4n) is 3.09. The van der Waals surface area contributed by atoms with E-state index >= 15 is 0 Å². The Morgan fingerprint density at radius 2 is 1.72 bits per heavy atom. The minimum absolute atomic E-state index is 0.226. The molecule has 0 radical (unpaired) electrons. The van der Waals surface area contributed by atoms with Gasteiger partial charge in [0, 0.05) is 37.2 Å². The summed E-state index contributed by atoms with van der Waals surface area (Å²) in [5, 5.41) is 6.08. The van der Waals surface area contributed by atoms with Gasteiger partial charge in [-0.3, -0.25) is 4.79 Å². The third-order valence-electron chi connectivity index (χ3n) is 4.84. The van der Waals surface area contributed by atoms with Gasteiger partial charge in [0.15, 0.2) is 0 Å². The lowest BCUT2D eigenvalue weighted by Crippen LogP contribution is -2.24. The van der Waals surface area contributed by atoms with Crippen LogP contribution < -0.4 is 15.5 Å². The quantitative estimate of drug-likeness (QED) is 0.601. The second kappa shape index (κ2) is 9.68. The first-order valence-electron chi connectivity index (χ1n) is 9.88. The third-order valence-corrected chi connectivity index (χ3v) is 4.84. The van der Waals surface area contributed by atoms with Crippen molar-refractivity contribution in [3.63, 3.8) is 0 Å². The summed E-state index contributed by atoms with van der Waals surface area (Å²) in [5.74, 6) is 0.166. The van der Waals surface area contributed by atoms with Gasteiger partial charge in [0.2, 0.25) is 5.95 Å². The smallest absolute Gasteiger partial charge is 0.270 e. The molecular formula is C23H27N5O. The molecule has 0 aliphatic heterocycles. The average Bonchev–Trinajstić information content (AvgIpc) is 2.75. The van der Waals surface area contributed by atoms with Gasteiger partial charge in [-0.25, -0.2) is 9.97 Å². The van der Waals surface area contributed by atoms with Gasteiger partial charge in [-0.1, -0.05) is 24.3 Å². The summed E-state index contributed by atoms with van der Waals surface area (Å²) in [6, 6.07) is 17.7. The predicted molar refractivity (Wildman–Crippen MR) is 118 cm³/mol. The molecule has 0 saturated carbocycles. The number of carbonyl (C=O) groups excluding carboxylic acids is 1. The summed E-state index contributed by atoms with van der Waals surface area (Å²) in [5.41, 5.74) is 4.60. The topological polar surface area (TPSA) is 70.2 Å². The maximum Gasteiger partial charge on any atom is 0.270 e. The maximum absolute atomic E-state index is 12.5. The first kappa shape index (κ1) is 20.3. The Bertz CT molecular complexity index is 951. The molecule has 6 heteroatoms. The second-order valence-corrected chi connectivity index (χ2v) is 6.72. The van der Waals surface area contributed by atoms with E-state index in [1.54, 1.807) is 12.3 Å². The molecule has 2 N–H and O–H groups in total. The van der Waals surface area contributed by atoms with Crippen molar-refractivity contribution in [2.45, 2.75) is 27.3 Å². The Morgan fingerprint density at radius 3 is 2.41 bits per heavy atom. The van der Waals surface area contributed by atoms with Crippen LogP contribution in [0.2, 0.25) is 0 Å². The Labute approximate surface area is 172 Å². The zero-order chi connectivity index (χ0) is 20.6. The lowest BCUT2D eigenvalue weighted by Gasteiger charge is -2.21. The van der Waals surface area contributed by atoms with Crippen LogP contribution in [0.1, 0.15) is 35.5 Å². The summed E-state index contributed by atoms with van der Waals surface area (Å²) in [6.07, 6.45) is 1.59. The van der Waals surface area contributed by atoms with E-state index in [1.807, 2.05) is 43.3 Å². The first-order valence-corrected chi connectivity index (χ1v) is 9.88. The summed E-state index contributed by atoms with van der Waals surface area (Å²) in [4.78, 5) is 23.3. The largest absolute Gasteiger partial charge is 0.372 e. The van der Waals surface area contributed by atoms with E-state index in [0.29, 0.717) is 18.2 Å². The van der Waals surface area contributed by atoms with Crippen LogP contribution >= 0.6 is 0 Å². The zero-order valence-corrected chi connectivity index (χ0v) is 17.1. The van der Waals surface area contributed by atoms with Gasteiger partial charge in [0.1, 0.15) is 5.69 Å². The van der Waals surface area contributed by atoms with Gasteiger partial charge in [0.25, 0.3) is 5.91 Å². The highest BCUT2D eigenvalue weighted by Gasteiger charge is 2.10. The van der Waals surface area contributed by atoms with Gasteiger partial charge < -0.3 is 15.5 Å². The van der Waals surface area contributed by atoms with E-state index in [1.165, 1.54) is 5.69 Å².